The van der Waals surface area contributed by atoms with Gasteiger partial charge in [0.25, 0.3) is 5.91 Å². The van der Waals surface area contributed by atoms with Crippen LogP contribution >= 0.6 is 0 Å². The minimum Gasteiger partial charge on any atom is -0.497 e. The topological polar surface area (TPSA) is 56.1 Å². The smallest absolute Gasteiger partial charge is 0.251 e. The number of rotatable bonds is 6. The largest absolute Gasteiger partial charge is 0.497 e. The van der Waals surface area contributed by atoms with Gasteiger partial charge in [0, 0.05) is 36.4 Å². The predicted molar refractivity (Wildman–Crippen MR) is 89.7 cm³/mol. The maximum Gasteiger partial charge on any atom is 0.251 e. The first-order valence-electron chi connectivity index (χ1n) is 7.60. The molecule has 118 valence electrons. The molecule has 1 N–H and O–H groups in total. The SMILES string of the molecule is COc1cccc(C(=O)NCCCn2ccc3cccnc32)c1. The van der Waals surface area contributed by atoms with Crippen molar-refractivity contribution in [2.45, 2.75) is 13.0 Å². The van der Waals surface area contributed by atoms with Gasteiger partial charge in [-0.05, 0) is 42.8 Å². The Morgan fingerprint density at radius 2 is 2.17 bits per heavy atom. The molecule has 0 aliphatic heterocycles. The fraction of sp³-hybridized carbons (Fsp3) is 0.222. The number of nitrogens with zero attached hydrogens (tertiary/aromatic N) is 2. The van der Waals surface area contributed by atoms with Gasteiger partial charge in [0.2, 0.25) is 0 Å². The first-order valence-corrected chi connectivity index (χ1v) is 7.60. The Kier molecular flexibility index (Phi) is 4.57. The van der Waals surface area contributed by atoms with E-state index in [4.69, 9.17) is 4.74 Å². The summed E-state index contributed by atoms with van der Waals surface area (Å²) in [5, 5.41) is 4.06. The molecule has 1 amide bonds. The molecule has 0 aliphatic carbocycles. The number of methoxy groups -OCH3 is 1. The summed E-state index contributed by atoms with van der Waals surface area (Å²) in [6.07, 6.45) is 4.67. The number of carbonyl (C=O) groups excluding carboxylic acids is 1. The summed E-state index contributed by atoms with van der Waals surface area (Å²) in [7, 11) is 1.59. The van der Waals surface area contributed by atoms with Crippen molar-refractivity contribution in [3.8, 4) is 5.75 Å². The van der Waals surface area contributed by atoms with Crippen LogP contribution in [0.15, 0.2) is 54.9 Å². The first-order chi connectivity index (χ1) is 11.3. The van der Waals surface area contributed by atoms with Gasteiger partial charge in [0.1, 0.15) is 11.4 Å². The van der Waals surface area contributed by atoms with Gasteiger partial charge in [-0.1, -0.05) is 6.07 Å². The molecule has 0 fully saturated rings. The molecular formula is C18H19N3O2. The lowest BCUT2D eigenvalue weighted by molar-refractivity contribution is 0.0952. The molecule has 3 aromatic rings. The molecule has 2 heterocycles. The number of aromatic nitrogens is 2. The van der Waals surface area contributed by atoms with E-state index in [-0.39, 0.29) is 5.91 Å². The van der Waals surface area contributed by atoms with E-state index in [1.165, 1.54) is 0 Å². The van der Waals surface area contributed by atoms with Crippen molar-refractivity contribution in [3.05, 3.63) is 60.4 Å². The molecule has 0 radical (unpaired) electrons. The van der Waals surface area contributed by atoms with Gasteiger partial charge in [-0.2, -0.15) is 0 Å². The molecular weight excluding hydrogens is 290 g/mol. The van der Waals surface area contributed by atoms with E-state index >= 15 is 0 Å². The predicted octanol–water partition coefficient (Wildman–Crippen LogP) is 2.87. The second kappa shape index (κ2) is 6.96. The number of aryl methyl sites for hydroxylation is 1. The van der Waals surface area contributed by atoms with Crippen LogP contribution in [0.3, 0.4) is 0 Å². The van der Waals surface area contributed by atoms with Crippen LogP contribution < -0.4 is 10.1 Å². The average Bonchev–Trinajstić information content (AvgIpc) is 3.02. The summed E-state index contributed by atoms with van der Waals surface area (Å²) in [5.41, 5.74) is 1.59. The highest BCUT2D eigenvalue weighted by Gasteiger charge is 2.06. The maximum atomic E-state index is 12.1. The third kappa shape index (κ3) is 3.51. The van der Waals surface area contributed by atoms with Crippen LogP contribution in [0, 0.1) is 0 Å². The van der Waals surface area contributed by atoms with Crippen molar-refractivity contribution >= 4 is 16.9 Å². The van der Waals surface area contributed by atoms with Crippen molar-refractivity contribution in [2.75, 3.05) is 13.7 Å². The maximum absolute atomic E-state index is 12.1. The molecule has 0 atom stereocenters. The summed E-state index contributed by atoms with van der Waals surface area (Å²) < 4.78 is 7.23. The zero-order valence-electron chi connectivity index (χ0n) is 13.0. The summed E-state index contributed by atoms with van der Waals surface area (Å²) in [5.74, 6) is 0.599. The number of hydrogen-bond donors (Lipinski definition) is 1. The molecule has 0 unspecified atom stereocenters. The molecule has 3 rings (SSSR count). The quantitative estimate of drug-likeness (QED) is 0.712. The van der Waals surface area contributed by atoms with Crippen molar-refractivity contribution < 1.29 is 9.53 Å². The van der Waals surface area contributed by atoms with Gasteiger partial charge in [0.15, 0.2) is 0 Å². The van der Waals surface area contributed by atoms with E-state index < -0.39 is 0 Å². The monoisotopic (exact) mass is 309 g/mol. The number of benzene rings is 1. The Morgan fingerprint density at radius 3 is 3.04 bits per heavy atom. The van der Waals surface area contributed by atoms with Gasteiger partial charge < -0.3 is 14.6 Å². The van der Waals surface area contributed by atoms with E-state index in [0.29, 0.717) is 17.9 Å². The Labute approximate surface area is 134 Å². The van der Waals surface area contributed by atoms with Crippen LogP contribution in [0.2, 0.25) is 0 Å². The highest BCUT2D eigenvalue weighted by atomic mass is 16.5. The van der Waals surface area contributed by atoms with Crippen LogP contribution in [0.25, 0.3) is 11.0 Å². The lowest BCUT2D eigenvalue weighted by atomic mass is 10.2. The first kappa shape index (κ1) is 15.1. The van der Waals surface area contributed by atoms with Crippen LogP contribution in [0.4, 0.5) is 0 Å². The van der Waals surface area contributed by atoms with Gasteiger partial charge >= 0.3 is 0 Å². The third-order valence-electron chi connectivity index (χ3n) is 3.72. The molecule has 5 nitrogen and oxygen atoms in total. The number of hydrogen-bond acceptors (Lipinski definition) is 3. The number of ether oxygens (including phenoxy) is 1. The second-order valence-corrected chi connectivity index (χ2v) is 5.27. The van der Waals surface area contributed by atoms with Crippen molar-refractivity contribution in [1.82, 2.24) is 14.9 Å². The third-order valence-corrected chi connectivity index (χ3v) is 3.72. The summed E-state index contributed by atoms with van der Waals surface area (Å²) in [6, 6.07) is 13.2. The van der Waals surface area contributed by atoms with E-state index in [9.17, 15) is 4.79 Å². The van der Waals surface area contributed by atoms with E-state index in [1.54, 1.807) is 25.4 Å². The lowest BCUT2D eigenvalue weighted by Gasteiger charge is -2.08. The zero-order valence-corrected chi connectivity index (χ0v) is 13.0. The van der Waals surface area contributed by atoms with Crippen molar-refractivity contribution in [1.29, 1.82) is 0 Å². The summed E-state index contributed by atoms with van der Waals surface area (Å²) in [4.78, 5) is 16.5. The molecule has 5 heteroatoms. The number of carbonyl (C=O) groups is 1. The van der Waals surface area contributed by atoms with Crippen LogP contribution in [-0.2, 0) is 6.54 Å². The Hall–Kier alpha value is -2.82. The van der Waals surface area contributed by atoms with E-state index in [2.05, 4.69) is 20.9 Å². The average molecular weight is 309 g/mol. The second-order valence-electron chi connectivity index (χ2n) is 5.27. The molecule has 0 saturated heterocycles. The lowest BCUT2D eigenvalue weighted by Crippen LogP contribution is -2.25. The molecule has 0 bridgehead atoms. The van der Waals surface area contributed by atoms with E-state index in [1.807, 2.05) is 30.5 Å². The van der Waals surface area contributed by atoms with E-state index in [0.717, 1.165) is 24.0 Å². The normalized spacial score (nSPS) is 10.7. The highest BCUT2D eigenvalue weighted by Crippen LogP contribution is 2.13. The number of amides is 1. The Morgan fingerprint density at radius 1 is 1.26 bits per heavy atom. The summed E-state index contributed by atoms with van der Waals surface area (Å²) >= 11 is 0. The minimum atomic E-state index is -0.0839. The van der Waals surface area contributed by atoms with Crippen LogP contribution in [0.1, 0.15) is 16.8 Å². The molecule has 0 aliphatic rings. The zero-order chi connectivity index (χ0) is 16.1. The van der Waals surface area contributed by atoms with Crippen LogP contribution in [-0.4, -0.2) is 29.1 Å². The minimum absolute atomic E-state index is 0.0839. The summed E-state index contributed by atoms with van der Waals surface area (Å²) in [6.45, 7) is 1.43. The van der Waals surface area contributed by atoms with Gasteiger partial charge in [0.05, 0.1) is 7.11 Å². The van der Waals surface area contributed by atoms with Gasteiger partial charge in [-0.15, -0.1) is 0 Å². The highest BCUT2D eigenvalue weighted by molar-refractivity contribution is 5.94. The van der Waals surface area contributed by atoms with Crippen molar-refractivity contribution in [3.63, 3.8) is 0 Å². The van der Waals surface area contributed by atoms with Crippen molar-refractivity contribution in [2.24, 2.45) is 0 Å². The fourth-order valence-corrected chi connectivity index (χ4v) is 2.52. The number of nitrogens with one attached hydrogen (secondary N) is 1. The molecule has 1 aromatic carbocycles. The van der Waals surface area contributed by atoms with Gasteiger partial charge in [-0.25, -0.2) is 4.98 Å². The van der Waals surface area contributed by atoms with Gasteiger partial charge in [-0.3, -0.25) is 4.79 Å². The Bertz CT molecular complexity index is 811. The molecule has 0 saturated carbocycles. The standard InChI is InChI=1S/C18H19N3O2/c1-23-16-7-2-5-15(13-16)18(22)20-10-4-11-21-12-8-14-6-3-9-19-17(14)21/h2-3,5-9,12-13H,4,10-11H2,1H3,(H,20,22). The molecule has 23 heavy (non-hydrogen) atoms. The molecule has 0 spiro atoms. The number of fused-ring (bicyclic) bond motifs is 1. The van der Waals surface area contributed by atoms with Crippen LogP contribution in [0.5, 0.6) is 5.75 Å². The Balaban J connectivity index is 1.52. The number of pyridine rings is 1. The molecule has 2 aromatic heterocycles. The fourth-order valence-electron chi connectivity index (χ4n) is 2.52.